The van der Waals surface area contributed by atoms with Crippen LogP contribution in [0.25, 0.3) is 0 Å². The van der Waals surface area contributed by atoms with E-state index in [-0.39, 0.29) is 17.7 Å². The summed E-state index contributed by atoms with van der Waals surface area (Å²) in [5.41, 5.74) is 1.45. The molecule has 0 aromatic carbocycles. The Balaban J connectivity index is 1.45. The molecule has 1 aromatic heterocycles. The molecule has 1 saturated heterocycles. The number of aromatic nitrogens is 2. The van der Waals surface area contributed by atoms with Crippen molar-refractivity contribution in [2.75, 3.05) is 26.7 Å². The summed E-state index contributed by atoms with van der Waals surface area (Å²) in [5.74, 6) is 0.269. The van der Waals surface area contributed by atoms with Crippen LogP contribution >= 0.6 is 0 Å². The molecule has 7 nitrogen and oxygen atoms in total. The van der Waals surface area contributed by atoms with Crippen molar-refractivity contribution in [2.45, 2.75) is 51.2 Å². The lowest BCUT2D eigenvalue weighted by atomic mass is 9.97. The Morgan fingerprint density at radius 1 is 1.16 bits per heavy atom. The van der Waals surface area contributed by atoms with E-state index in [1.165, 1.54) is 0 Å². The molecule has 4 rings (SSSR count). The number of hydrogen-bond donors (Lipinski definition) is 1. The number of carbonyl (C=O) groups is 2. The van der Waals surface area contributed by atoms with Crippen molar-refractivity contribution >= 4 is 11.8 Å². The van der Waals surface area contributed by atoms with Gasteiger partial charge in [0.25, 0.3) is 5.91 Å². The van der Waals surface area contributed by atoms with Gasteiger partial charge in [0, 0.05) is 25.7 Å². The molecular weight excluding hydrogens is 318 g/mol. The van der Waals surface area contributed by atoms with Crippen LogP contribution in [-0.4, -0.2) is 64.1 Å². The Morgan fingerprint density at radius 3 is 2.76 bits per heavy atom. The van der Waals surface area contributed by atoms with Crippen molar-refractivity contribution in [1.29, 1.82) is 0 Å². The van der Waals surface area contributed by atoms with E-state index in [2.05, 4.69) is 22.4 Å². The first kappa shape index (κ1) is 16.6. The SMILES string of the molecule is CN1CCC[C@@H](C(=O)N2CCCn3nc(C(=O)NC4CC4)cc3C2)C1. The monoisotopic (exact) mass is 345 g/mol. The van der Waals surface area contributed by atoms with Crippen LogP contribution in [0.2, 0.25) is 0 Å². The second-order valence-electron chi connectivity index (χ2n) is 7.71. The topological polar surface area (TPSA) is 70.5 Å². The van der Waals surface area contributed by atoms with E-state index in [4.69, 9.17) is 0 Å². The highest BCUT2D eigenvalue weighted by molar-refractivity contribution is 5.92. The van der Waals surface area contributed by atoms with Crippen LogP contribution in [0.5, 0.6) is 0 Å². The van der Waals surface area contributed by atoms with Crippen LogP contribution in [0.15, 0.2) is 6.07 Å². The summed E-state index contributed by atoms with van der Waals surface area (Å²) in [6.45, 7) is 4.02. The molecule has 0 radical (unpaired) electrons. The van der Waals surface area contributed by atoms with Gasteiger partial charge in [-0.15, -0.1) is 0 Å². The number of likely N-dealkylation sites (tertiary alicyclic amines) is 1. The van der Waals surface area contributed by atoms with E-state index < -0.39 is 0 Å². The Kier molecular flexibility index (Phi) is 4.50. The second-order valence-corrected chi connectivity index (χ2v) is 7.71. The molecule has 7 heteroatoms. The van der Waals surface area contributed by atoms with E-state index in [9.17, 15) is 9.59 Å². The Morgan fingerprint density at radius 2 is 2.00 bits per heavy atom. The molecule has 1 aliphatic carbocycles. The predicted molar refractivity (Wildman–Crippen MR) is 93.0 cm³/mol. The van der Waals surface area contributed by atoms with Crippen LogP contribution in [0.3, 0.4) is 0 Å². The van der Waals surface area contributed by atoms with Gasteiger partial charge in [0.05, 0.1) is 18.2 Å². The quantitative estimate of drug-likeness (QED) is 0.882. The highest BCUT2D eigenvalue weighted by Gasteiger charge is 2.30. The highest BCUT2D eigenvalue weighted by atomic mass is 16.2. The van der Waals surface area contributed by atoms with Crippen LogP contribution in [0.4, 0.5) is 0 Å². The van der Waals surface area contributed by atoms with Crippen LogP contribution in [0, 0.1) is 5.92 Å². The van der Waals surface area contributed by atoms with E-state index in [1.807, 2.05) is 15.6 Å². The number of nitrogens with one attached hydrogen (secondary N) is 1. The van der Waals surface area contributed by atoms with Gasteiger partial charge in [-0.05, 0) is 51.8 Å². The molecule has 1 N–H and O–H groups in total. The minimum absolute atomic E-state index is 0.0881. The largest absolute Gasteiger partial charge is 0.348 e. The minimum Gasteiger partial charge on any atom is -0.348 e. The first-order valence-electron chi connectivity index (χ1n) is 9.45. The van der Waals surface area contributed by atoms with Gasteiger partial charge in [0.1, 0.15) is 0 Å². The zero-order chi connectivity index (χ0) is 17.4. The molecule has 3 aliphatic rings. The molecule has 0 unspecified atom stereocenters. The average molecular weight is 345 g/mol. The van der Waals surface area contributed by atoms with Crippen LogP contribution in [-0.2, 0) is 17.9 Å². The van der Waals surface area contributed by atoms with Gasteiger partial charge in [0.2, 0.25) is 5.91 Å². The number of rotatable bonds is 3. The number of aryl methyl sites for hydroxylation is 1. The molecule has 0 spiro atoms. The number of amides is 2. The zero-order valence-electron chi connectivity index (χ0n) is 14.9. The predicted octanol–water partition coefficient (Wildman–Crippen LogP) is 0.849. The third-order valence-corrected chi connectivity index (χ3v) is 5.44. The van der Waals surface area contributed by atoms with Gasteiger partial charge in [-0.25, -0.2) is 0 Å². The molecule has 2 fully saturated rings. The Labute approximate surface area is 148 Å². The fourth-order valence-electron chi connectivity index (χ4n) is 3.87. The van der Waals surface area contributed by atoms with Crippen molar-refractivity contribution in [1.82, 2.24) is 24.9 Å². The van der Waals surface area contributed by atoms with E-state index in [0.29, 0.717) is 18.3 Å². The van der Waals surface area contributed by atoms with Crippen molar-refractivity contribution in [3.63, 3.8) is 0 Å². The summed E-state index contributed by atoms with van der Waals surface area (Å²) in [5, 5.41) is 7.45. The molecule has 1 saturated carbocycles. The number of fused-ring (bicyclic) bond motifs is 1. The molecule has 0 bridgehead atoms. The first-order valence-corrected chi connectivity index (χ1v) is 9.45. The fourth-order valence-corrected chi connectivity index (χ4v) is 3.87. The average Bonchev–Trinajstić information content (AvgIpc) is 3.36. The third kappa shape index (κ3) is 3.71. The maximum Gasteiger partial charge on any atom is 0.272 e. The number of piperidine rings is 1. The van der Waals surface area contributed by atoms with Crippen molar-refractivity contribution in [3.8, 4) is 0 Å². The smallest absolute Gasteiger partial charge is 0.272 e. The van der Waals surface area contributed by atoms with Crippen molar-refractivity contribution in [2.24, 2.45) is 5.92 Å². The summed E-state index contributed by atoms with van der Waals surface area (Å²) in [7, 11) is 2.09. The molecule has 136 valence electrons. The molecule has 3 heterocycles. The summed E-state index contributed by atoms with van der Waals surface area (Å²) >= 11 is 0. The number of nitrogens with zero attached hydrogens (tertiary/aromatic N) is 4. The molecule has 25 heavy (non-hydrogen) atoms. The van der Waals surface area contributed by atoms with Gasteiger partial charge in [-0.3, -0.25) is 14.3 Å². The molecule has 1 aromatic rings. The maximum atomic E-state index is 12.9. The lowest BCUT2D eigenvalue weighted by Crippen LogP contribution is -2.43. The van der Waals surface area contributed by atoms with Crippen molar-refractivity contribution < 1.29 is 9.59 Å². The maximum absolute atomic E-state index is 12.9. The summed E-state index contributed by atoms with van der Waals surface area (Å²) < 4.78 is 1.90. The molecular formula is C18H27N5O2. The van der Waals surface area contributed by atoms with Gasteiger partial charge in [0.15, 0.2) is 5.69 Å². The highest BCUT2D eigenvalue weighted by Crippen LogP contribution is 2.22. The summed E-state index contributed by atoms with van der Waals surface area (Å²) in [6.07, 6.45) is 5.08. The van der Waals surface area contributed by atoms with E-state index >= 15 is 0 Å². The van der Waals surface area contributed by atoms with Gasteiger partial charge in [-0.1, -0.05) is 0 Å². The van der Waals surface area contributed by atoms with E-state index in [0.717, 1.165) is 64.0 Å². The van der Waals surface area contributed by atoms with E-state index in [1.54, 1.807) is 0 Å². The minimum atomic E-state index is -0.0881. The van der Waals surface area contributed by atoms with Crippen LogP contribution in [0.1, 0.15) is 48.3 Å². The number of carbonyl (C=O) groups excluding carboxylic acids is 2. The molecule has 1 atom stereocenters. The van der Waals surface area contributed by atoms with Gasteiger partial charge >= 0.3 is 0 Å². The standard InChI is InChI=1S/C18H27N5O2/c1-21-7-2-4-13(11-21)18(25)22-8-3-9-23-15(12-22)10-16(20-23)17(24)19-14-5-6-14/h10,13-14H,2-9,11-12H2,1H3,(H,19,24)/t13-/m1/s1. The Hall–Kier alpha value is -1.89. The van der Waals surface area contributed by atoms with Crippen LogP contribution < -0.4 is 5.32 Å². The first-order chi connectivity index (χ1) is 12.1. The normalized spacial score (nSPS) is 24.5. The van der Waals surface area contributed by atoms with Gasteiger partial charge in [-0.2, -0.15) is 5.10 Å². The third-order valence-electron chi connectivity index (χ3n) is 5.44. The Bertz CT molecular complexity index is 666. The zero-order valence-corrected chi connectivity index (χ0v) is 14.9. The van der Waals surface area contributed by atoms with Crippen molar-refractivity contribution in [3.05, 3.63) is 17.5 Å². The fraction of sp³-hybridized carbons (Fsp3) is 0.722. The lowest BCUT2D eigenvalue weighted by molar-refractivity contribution is -0.137. The molecule has 2 aliphatic heterocycles. The molecule has 2 amide bonds. The summed E-state index contributed by atoms with van der Waals surface area (Å²) in [4.78, 5) is 29.4. The number of hydrogen-bond acceptors (Lipinski definition) is 4. The second kappa shape index (κ2) is 6.78. The summed E-state index contributed by atoms with van der Waals surface area (Å²) in [6, 6.07) is 2.19. The van der Waals surface area contributed by atoms with Gasteiger partial charge < -0.3 is 15.1 Å². The lowest BCUT2D eigenvalue weighted by Gasteiger charge is -2.32.